The van der Waals surface area contributed by atoms with Crippen molar-refractivity contribution in [1.82, 2.24) is 24.5 Å². The summed E-state index contributed by atoms with van der Waals surface area (Å²) in [6, 6.07) is 15.6. The number of sulfonamides is 1. The van der Waals surface area contributed by atoms with Gasteiger partial charge in [0.15, 0.2) is 0 Å². The Bertz CT molecular complexity index is 1110. The molecule has 0 aliphatic carbocycles. The van der Waals surface area contributed by atoms with Gasteiger partial charge in [0.05, 0.1) is 16.3 Å². The topological polar surface area (TPSA) is 110 Å². The summed E-state index contributed by atoms with van der Waals surface area (Å²) in [5, 5.41) is 14.9. The number of amides is 1. The number of nitrogens with one attached hydrogen (secondary N) is 1. The molecule has 1 N–H and O–H groups in total. The van der Waals surface area contributed by atoms with Crippen molar-refractivity contribution in [2.75, 3.05) is 24.2 Å². The Kier molecular flexibility index (Phi) is 6.11. The van der Waals surface area contributed by atoms with Crippen molar-refractivity contribution < 1.29 is 13.2 Å². The third-order valence-electron chi connectivity index (χ3n) is 4.61. The quantitative estimate of drug-likeness (QED) is 0.556. The predicted molar refractivity (Wildman–Crippen MR) is 113 cm³/mol. The molecule has 9 nitrogen and oxygen atoms in total. The van der Waals surface area contributed by atoms with Crippen LogP contribution in [0.25, 0.3) is 5.69 Å². The Morgan fingerprint density at radius 1 is 1.03 bits per heavy atom. The van der Waals surface area contributed by atoms with E-state index in [-0.39, 0.29) is 16.6 Å². The van der Waals surface area contributed by atoms with E-state index in [1.165, 1.54) is 28.2 Å². The molecule has 4 rings (SSSR count). The highest BCUT2D eigenvalue weighted by Crippen LogP contribution is 2.23. The van der Waals surface area contributed by atoms with Gasteiger partial charge in [-0.1, -0.05) is 30.0 Å². The fourth-order valence-corrected chi connectivity index (χ4v) is 5.32. The molecule has 0 atom stereocenters. The van der Waals surface area contributed by atoms with Crippen molar-refractivity contribution in [2.45, 2.75) is 22.9 Å². The van der Waals surface area contributed by atoms with Crippen LogP contribution in [-0.4, -0.2) is 57.7 Å². The standard InChI is InChI=1S/C19H20N6O3S2/c26-18(14-29-19-21-22-23-25(19)16-6-2-1-3-7-16)20-15-8-10-17(11-9-15)30(27,28)24-12-4-5-13-24/h1-3,6-11H,4-5,12-14H2,(H,20,26). The number of para-hydroxylation sites is 1. The monoisotopic (exact) mass is 444 g/mol. The van der Waals surface area contributed by atoms with Crippen molar-refractivity contribution in [3.05, 3.63) is 54.6 Å². The number of aromatic nitrogens is 4. The van der Waals surface area contributed by atoms with Gasteiger partial charge in [0.25, 0.3) is 0 Å². The number of carbonyl (C=O) groups excluding carboxylic acids is 1. The zero-order valence-corrected chi connectivity index (χ0v) is 17.6. The fourth-order valence-electron chi connectivity index (χ4n) is 3.12. The van der Waals surface area contributed by atoms with Gasteiger partial charge >= 0.3 is 0 Å². The maximum Gasteiger partial charge on any atom is 0.243 e. The Balaban J connectivity index is 1.36. The highest BCUT2D eigenvalue weighted by molar-refractivity contribution is 7.99. The van der Waals surface area contributed by atoms with E-state index in [9.17, 15) is 13.2 Å². The van der Waals surface area contributed by atoms with E-state index >= 15 is 0 Å². The molecule has 1 aliphatic rings. The van der Waals surface area contributed by atoms with E-state index in [4.69, 9.17) is 0 Å². The third kappa shape index (κ3) is 4.53. The van der Waals surface area contributed by atoms with Gasteiger partial charge in [-0.25, -0.2) is 8.42 Å². The number of hydrogen-bond acceptors (Lipinski definition) is 7. The lowest BCUT2D eigenvalue weighted by Crippen LogP contribution is -2.27. The minimum atomic E-state index is -3.46. The molecule has 1 fully saturated rings. The molecular weight excluding hydrogens is 424 g/mol. The first-order valence-corrected chi connectivity index (χ1v) is 11.8. The average molecular weight is 445 g/mol. The van der Waals surface area contributed by atoms with Crippen LogP contribution in [0.15, 0.2) is 64.6 Å². The normalized spacial score (nSPS) is 14.7. The maximum atomic E-state index is 12.6. The van der Waals surface area contributed by atoms with Crippen molar-refractivity contribution in [1.29, 1.82) is 0 Å². The molecule has 11 heteroatoms. The molecule has 30 heavy (non-hydrogen) atoms. The second kappa shape index (κ2) is 8.94. The molecule has 1 saturated heterocycles. The molecule has 0 bridgehead atoms. The minimum absolute atomic E-state index is 0.112. The Labute approximate surface area is 178 Å². The number of benzene rings is 2. The lowest BCUT2D eigenvalue weighted by atomic mass is 10.3. The van der Waals surface area contributed by atoms with E-state index in [0.29, 0.717) is 23.9 Å². The smallest absolute Gasteiger partial charge is 0.243 e. The van der Waals surface area contributed by atoms with Crippen LogP contribution in [0.3, 0.4) is 0 Å². The Hall–Kier alpha value is -2.76. The van der Waals surface area contributed by atoms with Crippen LogP contribution in [0.4, 0.5) is 5.69 Å². The zero-order valence-electron chi connectivity index (χ0n) is 16.0. The molecule has 2 aromatic carbocycles. The molecule has 0 spiro atoms. The first kappa shape index (κ1) is 20.5. The van der Waals surface area contributed by atoms with Crippen LogP contribution in [0.1, 0.15) is 12.8 Å². The van der Waals surface area contributed by atoms with Gasteiger partial charge in [-0.05, 0) is 59.7 Å². The van der Waals surface area contributed by atoms with Crippen LogP contribution < -0.4 is 5.32 Å². The van der Waals surface area contributed by atoms with Gasteiger partial charge in [0, 0.05) is 18.8 Å². The summed E-state index contributed by atoms with van der Waals surface area (Å²) < 4.78 is 28.2. The number of nitrogens with zero attached hydrogens (tertiary/aromatic N) is 5. The van der Waals surface area contributed by atoms with Crippen LogP contribution in [-0.2, 0) is 14.8 Å². The molecular formula is C19H20N6O3S2. The molecule has 156 valence electrons. The van der Waals surface area contributed by atoms with Crippen LogP contribution in [0, 0.1) is 0 Å². The first-order chi connectivity index (χ1) is 14.5. The average Bonchev–Trinajstić information content (AvgIpc) is 3.46. The third-order valence-corrected chi connectivity index (χ3v) is 7.45. The summed E-state index contributed by atoms with van der Waals surface area (Å²) >= 11 is 1.21. The molecule has 3 aromatic rings. The maximum absolute atomic E-state index is 12.6. The number of hydrogen-bond donors (Lipinski definition) is 1. The lowest BCUT2D eigenvalue weighted by Gasteiger charge is -2.15. The summed E-state index contributed by atoms with van der Waals surface area (Å²) in [6.45, 7) is 1.11. The summed E-state index contributed by atoms with van der Waals surface area (Å²) in [5.74, 6) is -0.126. The van der Waals surface area contributed by atoms with Gasteiger partial charge in [-0.2, -0.15) is 8.99 Å². The van der Waals surface area contributed by atoms with Crippen molar-refractivity contribution >= 4 is 33.4 Å². The molecule has 1 aliphatic heterocycles. The van der Waals surface area contributed by atoms with Crippen LogP contribution in [0.5, 0.6) is 0 Å². The van der Waals surface area contributed by atoms with Crippen molar-refractivity contribution in [3.63, 3.8) is 0 Å². The number of tetrazole rings is 1. The van der Waals surface area contributed by atoms with E-state index in [2.05, 4.69) is 20.8 Å². The van der Waals surface area contributed by atoms with Gasteiger partial charge < -0.3 is 5.32 Å². The largest absolute Gasteiger partial charge is 0.325 e. The van der Waals surface area contributed by atoms with Crippen LogP contribution in [0.2, 0.25) is 0 Å². The summed E-state index contributed by atoms with van der Waals surface area (Å²) in [5.41, 5.74) is 1.34. The van der Waals surface area contributed by atoms with E-state index in [1.54, 1.807) is 16.8 Å². The Morgan fingerprint density at radius 2 is 1.73 bits per heavy atom. The number of carbonyl (C=O) groups is 1. The predicted octanol–water partition coefficient (Wildman–Crippen LogP) is 2.18. The highest BCUT2D eigenvalue weighted by atomic mass is 32.2. The summed E-state index contributed by atoms with van der Waals surface area (Å²) in [7, 11) is -3.46. The second-order valence-electron chi connectivity index (χ2n) is 6.68. The second-order valence-corrected chi connectivity index (χ2v) is 9.56. The lowest BCUT2D eigenvalue weighted by molar-refractivity contribution is -0.113. The molecule has 2 heterocycles. The van der Waals surface area contributed by atoms with Crippen molar-refractivity contribution in [2.24, 2.45) is 0 Å². The van der Waals surface area contributed by atoms with Gasteiger partial charge in [0.1, 0.15) is 0 Å². The molecule has 1 amide bonds. The fraction of sp³-hybridized carbons (Fsp3) is 0.263. The first-order valence-electron chi connectivity index (χ1n) is 9.41. The van der Waals surface area contributed by atoms with Gasteiger partial charge in [-0.15, -0.1) is 5.10 Å². The molecule has 0 unspecified atom stereocenters. The Morgan fingerprint density at radius 3 is 2.43 bits per heavy atom. The number of anilines is 1. The van der Waals surface area contributed by atoms with Gasteiger partial charge in [-0.3, -0.25) is 4.79 Å². The SMILES string of the molecule is O=C(CSc1nnnn1-c1ccccc1)Nc1ccc(S(=O)(=O)N2CCCC2)cc1. The molecule has 0 saturated carbocycles. The van der Waals surface area contributed by atoms with Crippen molar-refractivity contribution in [3.8, 4) is 5.69 Å². The van der Waals surface area contributed by atoms with Gasteiger partial charge in [0.2, 0.25) is 21.1 Å². The highest BCUT2D eigenvalue weighted by Gasteiger charge is 2.26. The summed E-state index contributed by atoms with van der Waals surface area (Å²) in [6.07, 6.45) is 1.77. The molecule has 1 aromatic heterocycles. The van der Waals surface area contributed by atoms with E-state index < -0.39 is 10.0 Å². The van der Waals surface area contributed by atoms with E-state index in [0.717, 1.165) is 18.5 Å². The number of rotatable bonds is 7. The zero-order chi connectivity index (χ0) is 21.0. The molecule has 0 radical (unpaired) electrons. The summed E-state index contributed by atoms with van der Waals surface area (Å²) in [4.78, 5) is 12.5. The van der Waals surface area contributed by atoms with E-state index in [1.807, 2.05) is 30.3 Å². The van der Waals surface area contributed by atoms with Crippen LogP contribution >= 0.6 is 11.8 Å². The minimum Gasteiger partial charge on any atom is -0.325 e. The number of thioether (sulfide) groups is 1.